The number of anilines is 1. The first-order valence-electron chi connectivity index (χ1n) is 6.01. The summed E-state index contributed by atoms with van der Waals surface area (Å²) in [6.45, 7) is 2.74. The van der Waals surface area contributed by atoms with E-state index in [0.29, 0.717) is 17.7 Å². The second-order valence-corrected chi connectivity index (χ2v) is 5.63. The highest BCUT2D eigenvalue weighted by molar-refractivity contribution is 9.10. The summed E-state index contributed by atoms with van der Waals surface area (Å²) in [5, 5.41) is 9.27. The smallest absolute Gasteiger partial charge is 0.255 e. The summed E-state index contributed by atoms with van der Waals surface area (Å²) in [7, 11) is 0. The molecule has 0 bridgehead atoms. The zero-order chi connectivity index (χ0) is 13.9. The number of hydrogen-bond donors (Lipinski definition) is 1. The van der Waals surface area contributed by atoms with Crippen molar-refractivity contribution < 1.29 is 0 Å². The number of aromatic nitrogens is 5. The van der Waals surface area contributed by atoms with Crippen LogP contribution in [-0.4, -0.2) is 31.3 Å². The van der Waals surface area contributed by atoms with Crippen molar-refractivity contribution in [2.45, 2.75) is 6.92 Å². The van der Waals surface area contributed by atoms with Crippen LogP contribution < -0.4 is 5.32 Å². The first-order valence-corrected chi connectivity index (χ1v) is 7.68. The Kier molecular flexibility index (Phi) is 3.75. The van der Waals surface area contributed by atoms with E-state index in [9.17, 15) is 0 Å². The maximum absolute atomic E-state index is 4.48. The topological polar surface area (TPSA) is 68.5 Å². The second kappa shape index (κ2) is 5.68. The molecule has 0 saturated heterocycles. The lowest BCUT2D eigenvalue weighted by atomic mass is 10.4. The number of nitrogens with one attached hydrogen (secondary N) is 1. The van der Waals surface area contributed by atoms with E-state index in [4.69, 9.17) is 0 Å². The Morgan fingerprint density at radius 2 is 2.25 bits per heavy atom. The van der Waals surface area contributed by atoms with Crippen LogP contribution in [0.1, 0.15) is 6.92 Å². The Labute approximate surface area is 128 Å². The molecule has 0 amide bonds. The maximum atomic E-state index is 4.48. The number of rotatable bonds is 4. The lowest BCUT2D eigenvalue weighted by molar-refractivity contribution is 0.798. The third-order valence-corrected chi connectivity index (χ3v) is 4.32. The zero-order valence-electron chi connectivity index (χ0n) is 10.6. The van der Waals surface area contributed by atoms with E-state index in [0.717, 1.165) is 15.9 Å². The van der Waals surface area contributed by atoms with Gasteiger partial charge in [0, 0.05) is 23.4 Å². The Bertz CT molecular complexity index is 709. The fraction of sp³-hybridized carbons (Fsp3) is 0.167. The van der Waals surface area contributed by atoms with Crippen LogP contribution in [0.25, 0.3) is 16.6 Å². The fourth-order valence-corrected chi connectivity index (χ4v) is 3.13. The van der Waals surface area contributed by atoms with Crippen LogP contribution in [0.3, 0.4) is 0 Å². The minimum Gasteiger partial charge on any atom is -0.354 e. The Morgan fingerprint density at radius 1 is 1.35 bits per heavy atom. The number of thiophene rings is 1. The van der Waals surface area contributed by atoms with Gasteiger partial charge < -0.3 is 5.32 Å². The van der Waals surface area contributed by atoms with Crippen molar-refractivity contribution in [2.75, 3.05) is 11.9 Å². The van der Waals surface area contributed by atoms with Gasteiger partial charge in [-0.3, -0.25) is 0 Å². The van der Waals surface area contributed by atoms with Crippen LogP contribution in [0.4, 0.5) is 5.95 Å². The monoisotopic (exact) mass is 350 g/mol. The molecule has 3 rings (SSSR count). The van der Waals surface area contributed by atoms with E-state index in [1.54, 1.807) is 28.4 Å². The summed E-state index contributed by atoms with van der Waals surface area (Å²) in [5.41, 5.74) is 0. The van der Waals surface area contributed by atoms with Crippen LogP contribution in [0.2, 0.25) is 0 Å². The molecule has 1 N–H and O–H groups in total. The van der Waals surface area contributed by atoms with Gasteiger partial charge in [-0.25, -0.2) is 4.68 Å². The third kappa shape index (κ3) is 2.56. The van der Waals surface area contributed by atoms with Crippen molar-refractivity contribution >= 4 is 33.2 Å². The molecule has 0 spiro atoms. The molecule has 0 saturated carbocycles. The highest BCUT2D eigenvalue weighted by Crippen LogP contribution is 2.31. The lowest BCUT2D eigenvalue weighted by Crippen LogP contribution is -2.09. The molecule has 102 valence electrons. The van der Waals surface area contributed by atoms with Gasteiger partial charge in [-0.15, -0.1) is 11.3 Å². The standard InChI is InChI=1S/C12H11BrN6S/c1-2-14-11-16-10(9-8(13)4-7-20-9)17-12(18-11)19-6-3-5-15-19/h3-7H,2H2,1H3,(H,14,16,17,18). The Balaban J connectivity index is 2.12. The molecule has 0 aliphatic rings. The lowest BCUT2D eigenvalue weighted by Gasteiger charge is -2.07. The third-order valence-electron chi connectivity index (χ3n) is 2.49. The number of halogens is 1. The predicted octanol–water partition coefficient (Wildman–Crippen LogP) is 2.98. The van der Waals surface area contributed by atoms with E-state index in [-0.39, 0.29) is 0 Å². The molecule has 3 heterocycles. The summed E-state index contributed by atoms with van der Waals surface area (Å²) in [5.74, 6) is 1.67. The normalized spacial score (nSPS) is 10.7. The van der Waals surface area contributed by atoms with Gasteiger partial charge in [-0.1, -0.05) is 0 Å². The van der Waals surface area contributed by atoms with E-state index in [1.165, 1.54) is 0 Å². The van der Waals surface area contributed by atoms with Crippen molar-refractivity contribution in [2.24, 2.45) is 0 Å². The molecule has 6 nitrogen and oxygen atoms in total. The molecule has 0 radical (unpaired) electrons. The minimum atomic E-state index is 0.497. The molecular weight excluding hydrogens is 340 g/mol. The molecule has 0 aromatic carbocycles. The van der Waals surface area contributed by atoms with E-state index < -0.39 is 0 Å². The SMILES string of the molecule is CCNc1nc(-c2sccc2Br)nc(-n2cccn2)n1. The first kappa shape index (κ1) is 13.2. The molecule has 20 heavy (non-hydrogen) atoms. The molecule has 8 heteroatoms. The molecule has 0 unspecified atom stereocenters. The van der Waals surface area contributed by atoms with Crippen molar-refractivity contribution in [3.8, 4) is 16.6 Å². The summed E-state index contributed by atoms with van der Waals surface area (Å²) >= 11 is 5.09. The van der Waals surface area contributed by atoms with Crippen molar-refractivity contribution in [1.29, 1.82) is 0 Å². The number of nitrogens with zero attached hydrogens (tertiary/aromatic N) is 5. The summed E-state index contributed by atoms with van der Waals surface area (Å²) in [4.78, 5) is 14.3. The van der Waals surface area contributed by atoms with Gasteiger partial charge in [0.25, 0.3) is 5.95 Å². The van der Waals surface area contributed by atoms with Crippen LogP contribution in [-0.2, 0) is 0 Å². The molecular formula is C12H11BrN6S. The Hall–Kier alpha value is -1.80. The van der Waals surface area contributed by atoms with Gasteiger partial charge in [0.05, 0.1) is 4.88 Å². The summed E-state index contributed by atoms with van der Waals surface area (Å²) in [6.07, 6.45) is 3.50. The van der Waals surface area contributed by atoms with Gasteiger partial charge in [-0.05, 0) is 40.4 Å². The Morgan fingerprint density at radius 3 is 2.90 bits per heavy atom. The molecule has 0 aliphatic carbocycles. The van der Waals surface area contributed by atoms with Crippen molar-refractivity contribution in [1.82, 2.24) is 24.7 Å². The predicted molar refractivity (Wildman–Crippen MR) is 82.1 cm³/mol. The largest absolute Gasteiger partial charge is 0.354 e. The molecule has 3 aromatic rings. The fourth-order valence-electron chi connectivity index (χ4n) is 1.65. The van der Waals surface area contributed by atoms with Crippen LogP contribution >= 0.6 is 27.3 Å². The van der Waals surface area contributed by atoms with Gasteiger partial charge in [-0.2, -0.15) is 20.1 Å². The van der Waals surface area contributed by atoms with E-state index in [1.807, 2.05) is 24.4 Å². The molecule has 3 aromatic heterocycles. The highest BCUT2D eigenvalue weighted by Gasteiger charge is 2.13. The minimum absolute atomic E-state index is 0.497. The summed E-state index contributed by atoms with van der Waals surface area (Å²) < 4.78 is 2.59. The van der Waals surface area contributed by atoms with Gasteiger partial charge in [0.1, 0.15) is 0 Å². The molecule has 0 atom stereocenters. The average molecular weight is 351 g/mol. The maximum Gasteiger partial charge on any atom is 0.255 e. The van der Waals surface area contributed by atoms with Crippen molar-refractivity contribution in [3.05, 3.63) is 34.4 Å². The van der Waals surface area contributed by atoms with Gasteiger partial charge >= 0.3 is 0 Å². The summed E-state index contributed by atoms with van der Waals surface area (Å²) in [6, 6.07) is 3.81. The van der Waals surface area contributed by atoms with Gasteiger partial charge in [0.15, 0.2) is 5.82 Å². The molecule has 0 aliphatic heterocycles. The average Bonchev–Trinajstić information content (AvgIpc) is 3.09. The highest BCUT2D eigenvalue weighted by atomic mass is 79.9. The van der Waals surface area contributed by atoms with E-state index >= 15 is 0 Å². The van der Waals surface area contributed by atoms with Crippen molar-refractivity contribution in [3.63, 3.8) is 0 Å². The number of hydrogen-bond acceptors (Lipinski definition) is 6. The van der Waals surface area contributed by atoms with Crippen LogP contribution in [0.5, 0.6) is 0 Å². The first-order chi connectivity index (χ1) is 9.78. The quantitative estimate of drug-likeness (QED) is 0.783. The van der Waals surface area contributed by atoms with E-state index in [2.05, 4.69) is 41.3 Å². The van der Waals surface area contributed by atoms with Crippen LogP contribution in [0.15, 0.2) is 34.4 Å². The second-order valence-electron chi connectivity index (χ2n) is 3.86. The van der Waals surface area contributed by atoms with Gasteiger partial charge in [0.2, 0.25) is 5.95 Å². The van der Waals surface area contributed by atoms with Crippen LogP contribution in [0, 0.1) is 0 Å². The molecule has 0 fully saturated rings. The zero-order valence-corrected chi connectivity index (χ0v) is 13.0.